The zero-order chi connectivity index (χ0) is 18.3. The van der Waals surface area contributed by atoms with Crippen molar-refractivity contribution in [3.05, 3.63) is 71.7 Å². The van der Waals surface area contributed by atoms with E-state index >= 15 is 0 Å². The van der Waals surface area contributed by atoms with Crippen LogP contribution in [0.2, 0.25) is 0 Å². The van der Waals surface area contributed by atoms with Crippen molar-refractivity contribution >= 4 is 11.7 Å². The lowest BCUT2D eigenvalue weighted by molar-refractivity contribution is -0.116. The fourth-order valence-corrected chi connectivity index (χ4v) is 3.15. The van der Waals surface area contributed by atoms with Crippen LogP contribution in [0.25, 0.3) is 5.69 Å². The van der Waals surface area contributed by atoms with E-state index in [1.807, 2.05) is 12.1 Å². The second-order valence-corrected chi connectivity index (χ2v) is 6.02. The Morgan fingerprint density at radius 3 is 2.62 bits per heavy atom. The van der Waals surface area contributed by atoms with E-state index in [1.165, 1.54) is 6.07 Å². The first kappa shape index (κ1) is 16.3. The fourth-order valence-electron chi connectivity index (χ4n) is 3.15. The van der Waals surface area contributed by atoms with Crippen molar-refractivity contribution in [3.8, 4) is 11.4 Å². The molecule has 1 amide bonds. The van der Waals surface area contributed by atoms with Crippen LogP contribution < -0.4 is 10.1 Å². The van der Waals surface area contributed by atoms with E-state index in [2.05, 4.69) is 10.3 Å². The summed E-state index contributed by atoms with van der Waals surface area (Å²) in [6.07, 6.45) is 1.72. The van der Waals surface area contributed by atoms with Gasteiger partial charge in [-0.3, -0.25) is 9.36 Å². The molecule has 0 saturated heterocycles. The van der Waals surface area contributed by atoms with E-state index in [0.29, 0.717) is 22.8 Å². The molecular formula is C19H15F2N3O2. The number of ether oxygens (including phenoxy) is 1. The number of hydrogen-bond acceptors (Lipinski definition) is 3. The first-order valence-electron chi connectivity index (χ1n) is 8.03. The summed E-state index contributed by atoms with van der Waals surface area (Å²) in [6, 6.07) is 11.0. The molecule has 4 rings (SSSR count). The Hall–Kier alpha value is -3.22. The van der Waals surface area contributed by atoms with Crippen LogP contribution in [-0.2, 0) is 4.79 Å². The highest BCUT2D eigenvalue weighted by Gasteiger charge is 2.31. The number of aromatic nitrogens is 2. The smallest absolute Gasteiger partial charge is 0.226 e. The SMILES string of the molecule is COc1ccc(-n2cnc3c2NC(=O)C[C@@H]3c2ccc(F)c(F)c2)cc1. The maximum absolute atomic E-state index is 13.6. The van der Waals surface area contributed by atoms with Crippen molar-refractivity contribution in [2.75, 3.05) is 12.4 Å². The first-order valence-corrected chi connectivity index (χ1v) is 8.03. The molecule has 1 atom stereocenters. The van der Waals surface area contributed by atoms with Gasteiger partial charge in [0, 0.05) is 18.0 Å². The second-order valence-electron chi connectivity index (χ2n) is 6.02. The minimum absolute atomic E-state index is 0.123. The van der Waals surface area contributed by atoms with E-state index < -0.39 is 17.6 Å². The van der Waals surface area contributed by atoms with Gasteiger partial charge in [-0.15, -0.1) is 0 Å². The molecule has 7 heteroatoms. The molecule has 2 heterocycles. The number of halogens is 2. The van der Waals surface area contributed by atoms with Gasteiger partial charge in [0.2, 0.25) is 5.91 Å². The van der Waals surface area contributed by atoms with Gasteiger partial charge in [-0.25, -0.2) is 13.8 Å². The largest absolute Gasteiger partial charge is 0.497 e. The Balaban J connectivity index is 1.78. The van der Waals surface area contributed by atoms with Gasteiger partial charge in [0.1, 0.15) is 17.9 Å². The molecule has 1 aromatic heterocycles. The van der Waals surface area contributed by atoms with Crippen LogP contribution in [0, 0.1) is 11.6 Å². The Kier molecular flexibility index (Phi) is 3.91. The number of imidazole rings is 1. The number of nitrogens with zero attached hydrogens (tertiary/aromatic N) is 2. The number of anilines is 1. The number of rotatable bonds is 3. The van der Waals surface area contributed by atoms with E-state index in [0.717, 1.165) is 17.8 Å². The van der Waals surface area contributed by atoms with Crippen molar-refractivity contribution < 1.29 is 18.3 Å². The topological polar surface area (TPSA) is 56.1 Å². The van der Waals surface area contributed by atoms with Gasteiger partial charge < -0.3 is 10.1 Å². The number of benzene rings is 2. The van der Waals surface area contributed by atoms with Crippen LogP contribution in [0.3, 0.4) is 0 Å². The predicted molar refractivity (Wildman–Crippen MR) is 91.6 cm³/mol. The van der Waals surface area contributed by atoms with Crippen molar-refractivity contribution in [1.82, 2.24) is 9.55 Å². The number of carbonyl (C=O) groups is 1. The van der Waals surface area contributed by atoms with Gasteiger partial charge in [-0.05, 0) is 42.0 Å². The van der Waals surface area contributed by atoms with Gasteiger partial charge in [-0.1, -0.05) is 6.07 Å². The quantitative estimate of drug-likeness (QED) is 0.781. The number of carbonyl (C=O) groups excluding carboxylic acids is 1. The number of hydrogen-bond donors (Lipinski definition) is 1. The van der Waals surface area contributed by atoms with Crippen LogP contribution >= 0.6 is 0 Å². The first-order chi connectivity index (χ1) is 12.6. The Morgan fingerprint density at radius 2 is 1.92 bits per heavy atom. The molecule has 0 saturated carbocycles. The van der Waals surface area contributed by atoms with E-state index in [4.69, 9.17) is 4.74 Å². The summed E-state index contributed by atoms with van der Waals surface area (Å²) in [4.78, 5) is 16.6. The highest BCUT2D eigenvalue weighted by Crippen LogP contribution is 2.37. The van der Waals surface area contributed by atoms with Crippen molar-refractivity contribution in [2.45, 2.75) is 12.3 Å². The van der Waals surface area contributed by atoms with Crippen LogP contribution in [0.15, 0.2) is 48.8 Å². The van der Waals surface area contributed by atoms with Gasteiger partial charge in [0.25, 0.3) is 0 Å². The molecule has 26 heavy (non-hydrogen) atoms. The van der Waals surface area contributed by atoms with Crippen molar-refractivity contribution in [3.63, 3.8) is 0 Å². The molecule has 2 aromatic carbocycles. The molecule has 0 spiro atoms. The normalized spacial score (nSPS) is 16.1. The summed E-state index contributed by atoms with van der Waals surface area (Å²) in [5.74, 6) is -1.26. The highest BCUT2D eigenvalue weighted by molar-refractivity contribution is 5.94. The summed E-state index contributed by atoms with van der Waals surface area (Å²) >= 11 is 0. The minimum Gasteiger partial charge on any atom is -0.497 e. The highest BCUT2D eigenvalue weighted by atomic mass is 19.2. The lowest BCUT2D eigenvalue weighted by Crippen LogP contribution is -2.25. The molecule has 132 valence electrons. The summed E-state index contributed by atoms with van der Waals surface area (Å²) in [5, 5.41) is 2.82. The molecule has 1 aliphatic rings. The maximum atomic E-state index is 13.6. The van der Waals surface area contributed by atoms with E-state index in [-0.39, 0.29) is 12.3 Å². The summed E-state index contributed by atoms with van der Waals surface area (Å²) in [7, 11) is 1.58. The van der Waals surface area contributed by atoms with Crippen molar-refractivity contribution in [2.24, 2.45) is 0 Å². The summed E-state index contributed by atoms with van der Waals surface area (Å²) in [5.41, 5.74) is 1.93. The molecule has 0 bridgehead atoms. The third kappa shape index (κ3) is 2.71. The molecule has 0 aliphatic carbocycles. The lowest BCUT2D eigenvalue weighted by Gasteiger charge is -2.23. The molecule has 3 aromatic rings. The minimum atomic E-state index is -0.940. The molecule has 1 N–H and O–H groups in total. The Labute approximate surface area is 148 Å². The average molecular weight is 355 g/mol. The molecule has 0 unspecified atom stereocenters. The standard InChI is InChI=1S/C19H15F2N3O2/c1-26-13-5-3-12(4-6-13)24-10-22-18-14(9-17(25)23-19(18)24)11-2-7-15(20)16(21)8-11/h2-8,10,14H,9H2,1H3,(H,23,25)/t14-/m1/s1. The predicted octanol–water partition coefficient (Wildman–Crippen LogP) is 3.63. The van der Waals surface area contributed by atoms with E-state index in [1.54, 1.807) is 30.1 Å². The van der Waals surface area contributed by atoms with Crippen LogP contribution in [0.1, 0.15) is 23.6 Å². The number of fused-ring (bicyclic) bond motifs is 1. The fraction of sp³-hybridized carbons (Fsp3) is 0.158. The second kappa shape index (κ2) is 6.25. The monoisotopic (exact) mass is 355 g/mol. The van der Waals surface area contributed by atoms with Crippen LogP contribution in [0.4, 0.5) is 14.6 Å². The molecule has 1 aliphatic heterocycles. The van der Waals surface area contributed by atoms with E-state index in [9.17, 15) is 13.6 Å². The summed E-state index contributed by atoms with van der Waals surface area (Å²) < 4.78 is 33.8. The molecule has 5 nitrogen and oxygen atoms in total. The van der Waals surface area contributed by atoms with Crippen LogP contribution in [0.5, 0.6) is 5.75 Å². The van der Waals surface area contributed by atoms with Gasteiger partial charge >= 0.3 is 0 Å². The third-order valence-electron chi connectivity index (χ3n) is 4.47. The van der Waals surface area contributed by atoms with Crippen LogP contribution in [-0.4, -0.2) is 22.6 Å². The molecular weight excluding hydrogens is 340 g/mol. The third-order valence-corrected chi connectivity index (χ3v) is 4.47. The average Bonchev–Trinajstić information content (AvgIpc) is 3.07. The number of methoxy groups -OCH3 is 1. The lowest BCUT2D eigenvalue weighted by atomic mass is 9.89. The van der Waals surface area contributed by atoms with Gasteiger partial charge in [-0.2, -0.15) is 0 Å². The zero-order valence-electron chi connectivity index (χ0n) is 13.9. The zero-order valence-corrected chi connectivity index (χ0v) is 13.9. The van der Waals surface area contributed by atoms with Gasteiger partial charge in [0.05, 0.1) is 12.8 Å². The number of nitrogens with one attached hydrogen (secondary N) is 1. The Morgan fingerprint density at radius 1 is 1.15 bits per heavy atom. The van der Waals surface area contributed by atoms with Crippen molar-refractivity contribution in [1.29, 1.82) is 0 Å². The number of amides is 1. The maximum Gasteiger partial charge on any atom is 0.226 e. The summed E-state index contributed by atoms with van der Waals surface area (Å²) in [6.45, 7) is 0. The molecule has 0 radical (unpaired) electrons. The molecule has 0 fully saturated rings. The Bertz CT molecular complexity index is 983. The van der Waals surface area contributed by atoms with Gasteiger partial charge in [0.15, 0.2) is 11.6 Å².